The van der Waals surface area contributed by atoms with Gasteiger partial charge in [-0.25, -0.2) is 0 Å². The van der Waals surface area contributed by atoms with Crippen LogP contribution in [0.5, 0.6) is 0 Å². The molecule has 0 aliphatic carbocycles. The molecule has 0 radical (unpaired) electrons. The molecule has 0 unspecified atom stereocenters. The fourth-order valence-electron chi connectivity index (χ4n) is 2.29. The standard InChI is InChI=1S/C15H21Cl2NO2/c1-8(2)14(10(4)20-15(19)9(3)18)12-6-5-11(16)7-13(12)17/h5-10,14H,18H2,1-4H3/t9-,10-,14-/m0/s1. The second-order valence-electron chi connectivity index (χ2n) is 5.37. The predicted octanol–water partition coefficient (Wildman–Crippen LogP) is 4.01. The minimum absolute atomic E-state index is 0.0116. The molecule has 0 aliphatic heterocycles. The normalized spacial score (nSPS) is 15.8. The van der Waals surface area contributed by atoms with Crippen molar-refractivity contribution in [2.45, 2.75) is 45.8 Å². The van der Waals surface area contributed by atoms with Crippen LogP contribution in [0.4, 0.5) is 0 Å². The first-order chi connectivity index (χ1) is 9.23. The zero-order valence-electron chi connectivity index (χ0n) is 12.2. The van der Waals surface area contributed by atoms with Crippen molar-refractivity contribution in [1.29, 1.82) is 0 Å². The first kappa shape index (κ1) is 17.3. The minimum Gasteiger partial charge on any atom is -0.461 e. The second kappa shape index (κ2) is 7.30. The number of benzene rings is 1. The van der Waals surface area contributed by atoms with Crippen molar-refractivity contribution in [3.05, 3.63) is 33.8 Å². The van der Waals surface area contributed by atoms with Gasteiger partial charge in [0.15, 0.2) is 0 Å². The summed E-state index contributed by atoms with van der Waals surface area (Å²) in [6.07, 6.45) is -0.313. The van der Waals surface area contributed by atoms with E-state index in [4.69, 9.17) is 33.7 Å². The fourth-order valence-corrected chi connectivity index (χ4v) is 2.82. The molecule has 1 aromatic carbocycles. The molecule has 20 heavy (non-hydrogen) atoms. The van der Waals surface area contributed by atoms with Gasteiger partial charge >= 0.3 is 5.97 Å². The Hall–Kier alpha value is -0.770. The monoisotopic (exact) mass is 317 g/mol. The van der Waals surface area contributed by atoms with Crippen LogP contribution in [-0.2, 0) is 9.53 Å². The smallest absolute Gasteiger partial charge is 0.322 e. The van der Waals surface area contributed by atoms with Gasteiger partial charge in [0, 0.05) is 16.0 Å². The van der Waals surface area contributed by atoms with Gasteiger partial charge in [-0.05, 0) is 37.5 Å². The van der Waals surface area contributed by atoms with Gasteiger partial charge in [-0.1, -0.05) is 43.1 Å². The molecular weight excluding hydrogens is 297 g/mol. The Balaban J connectivity index is 3.02. The summed E-state index contributed by atoms with van der Waals surface area (Å²) in [5.74, 6) is -0.166. The molecule has 0 aliphatic rings. The Morgan fingerprint density at radius 3 is 2.25 bits per heavy atom. The lowest BCUT2D eigenvalue weighted by atomic mass is 9.84. The van der Waals surface area contributed by atoms with Gasteiger partial charge in [-0.15, -0.1) is 0 Å². The number of carbonyl (C=O) groups excluding carboxylic acids is 1. The zero-order chi connectivity index (χ0) is 15.4. The maximum absolute atomic E-state index is 11.6. The summed E-state index contributed by atoms with van der Waals surface area (Å²) in [6, 6.07) is 4.74. The summed E-state index contributed by atoms with van der Waals surface area (Å²) in [6.45, 7) is 7.59. The Labute approximate surface area is 130 Å². The van der Waals surface area contributed by atoms with Crippen LogP contribution in [0.25, 0.3) is 0 Å². The average Bonchev–Trinajstić information content (AvgIpc) is 2.31. The van der Waals surface area contributed by atoms with E-state index in [0.29, 0.717) is 10.0 Å². The van der Waals surface area contributed by atoms with Crippen LogP contribution in [0.1, 0.15) is 39.2 Å². The van der Waals surface area contributed by atoms with E-state index in [1.165, 1.54) is 0 Å². The Morgan fingerprint density at radius 1 is 1.20 bits per heavy atom. The largest absolute Gasteiger partial charge is 0.461 e. The molecule has 0 heterocycles. The number of hydrogen-bond acceptors (Lipinski definition) is 3. The van der Waals surface area contributed by atoms with Crippen molar-refractivity contribution in [2.24, 2.45) is 11.7 Å². The van der Waals surface area contributed by atoms with E-state index in [0.717, 1.165) is 5.56 Å². The van der Waals surface area contributed by atoms with Crippen molar-refractivity contribution in [2.75, 3.05) is 0 Å². The number of nitrogens with two attached hydrogens (primary N) is 1. The number of halogens is 2. The zero-order valence-corrected chi connectivity index (χ0v) is 13.7. The highest BCUT2D eigenvalue weighted by atomic mass is 35.5. The van der Waals surface area contributed by atoms with E-state index in [9.17, 15) is 4.79 Å². The average molecular weight is 318 g/mol. The molecule has 0 aromatic heterocycles. The maximum atomic E-state index is 11.6. The summed E-state index contributed by atoms with van der Waals surface area (Å²) < 4.78 is 5.42. The topological polar surface area (TPSA) is 52.3 Å². The van der Waals surface area contributed by atoms with Crippen molar-refractivity contribution >= 4 is 29.2 Å². The fraction of sp³-hybridized carbons (Fsp3) is 0.533. The number of hydrogen-bond donors (Lipinski definition) is 1. The van der Waals surface area contributed by atoms with E-state index in [1.54, 1.807) is 19.1 Å². The third kappa shape index (κ3) is 4.37. The lowest BCUT2D eigenvalue weighted by molar-refractivity contribution is -0.151. The van der Waals surface area contributed by atoms with Gasteiger partial charge in [0.1, 0.15) is 12.1 Å². The van der Waals surface area contributed by atoms with E-state index in [-0.39, 0.29) is 17.9 Å². The highest BCUT2D eigenvalue weighted by Gasteiger charge is 2.28. The van der Waals surface area contributed by atoms with E-state index >= 15 is 0 Å². The SMILES string of the molecule is CC(C)[C@H](c1ccc(Cl)cc1Cl)[C@H](C)OC(=O)[C@H](C)N. The summed E-state index contributed by atoms with van der Waals surface area (Å²) in [7, 11) is 0. The molecule has 0 fully saturated rings. The first-order valence-electron chi connectivity index (χ1n) is 6.65. The lowest BCUT2D eigenvalue weighted by Gasteiger charge is -2.29. The van der Waals surface area contributed by atoms with Crippen LogP contribution in [0.2, 0.25) is 10.0 Å². The number of carbonyl (C=O) groups is 1. The molecule has 1 aromatic rings. The molecule has 3 atom stereocenters. The molecule has 0 saturated carbocycles. The molecular formula is C15H21Cl2NO2. The van der Waals surface area contributed by atoms with Gasteiger partial charge in [-0.3, -0.25) is 4.79 Å². The summed E-state index contributed by atoms with van der Waals surface area (Å²) in [5, 5.41) is 1.17. The molecule has 0 bridgehead atoms. The van der Waals surface area contributed by atoms with Crippen molar-refractivity contribution in [3.8, 4) is 0 Å². The molecule has 112 valence electrons. The molecule has 0 saturated heterocycles. The Bertz CT molecular complexity index is 475. The minimum atomic E-state index is -0.633. The second-order valence-corrected chi connectivity index (χ2v) is 6.21. The maximum Gasteiger partial charge on any atom is 0.322 e. The van der Waals surface area contributed by atoms with Crippen LogP contribution < -0.4 is 5.73 Å². The van der Waals surface area contributed by atoms with Crippen molar-refractivity contribution in [1.82, 2.24) is 0 Å². The summed E-state index contributed by atoms with van der Waals surface area (Å²) >= 11 is 12.2. The molecule has 0 spiro atoms. The predicted molar refractivity (Wildman–Crippen MR) is 83.2 cm³/mol. The van der Waals surface area contributed by atoms with Crippen LogP contribution in [-0.4, -0.2) is 18.1 Å². The lowest BCUT2D eigenvalue weighted by Crippen LogP contribution is -2.34. The molecule has 0 amide bonds. The van der Waals surface area contributed by atoms with Crippen LogP contribution in [0, 0.1) is 5.92 Å². The van der Waals surface area contributed by atoms with Crippen LogP contribution >= 0.6 is 23.2 Å². The van der Waals surface area contributed by atoms with Crippen LogP contribution in [0.3, 0.4) is 0 Å². The molecule has 1 rings (SSSR count). The van der Waals surface area contributed by atoms with Gasteiger partial charge in [0.2, 0.25) is 0 Å². The highest BCUT2D eigenvalue weighted by molar-refractivity contribution is 6.35. The highest BCUT2D eigenvalue weighted by Crippen LogP contribution is 2.35. The van der Waals surface area contributed by atoms with E-state index < -0.39 is 12.0 Å². The molecule has 5 heteroatoms. The van der Waals surface area contributed by atoms with Crippen molar-refractivity contribution in [3.63, 3.8) is 0 Å². The Kier molecular flexibility index (Phi) is 6.31. The van der Waals surface area contributed by atoms with Gasteiger partial charge in [-0.2, -0.15) is 0 Å². The van der Waals surface area contributed by atoms with Gasteiger partial charge in [0.25, 0.3) is 0 Å². The van der Waals surface area contributed by atoms with Gasteiger partial charge < -0.3 is 10.5 Å². The van der Waals surface area contributed by atoms with Crippen LogP contribution in [0.15, 0.2) is 18.2 Å². The number of esters is 1. The van der Waals surface area contributed by atoms with E-state index in [1.807, 2.05) is 13.0 Å². The van der Waals surface area contributed by atoms with Crippen molar-refractivity contribution < 1.29 is 9.53 Å². The molecule has 3 nitrogen and oxygen atoms in total. The summed E-state index contributed by atoms with van der Waals surface area (Å²) in [5.41, 5.74) is 6.46. The number of ether oxygens (including phenoxy) is 1. The quantitative estimate of drug-likeness (QED) is 0.835. The number of rotatable bonds is 5. The van der Waals surface area contributed by atoms with E-state index in [2.05, 4.69) is 13.8 Å². The van der Waals surface area contributed by atoms with Gasteiger partial charge in [0.05, 0.1) is 0 Å². The first-order valence-corrected chi connectivity index (χ1v) is 7.40. The third-order valence-electron chi connectivity index (χ3n) is 3.22. The molecule has 2 N–H and O–H groups in total. The Morgan fingerprint density at radius 2 is 1.80 bits per heavy atom. The summed E-state index contributed by atoms with van der Waals surface area (Å²) in [4.78, 5) is 11.6. The third-order valence-corrected chi connectivity index (χ3v) is 3.78.